The fourth-order valence-electron chi connectivity index (χ4n) is 4.65. The van der Waals surface area contributed by atoms with Gasteiger partial charge in [-0.25, -0.2) is 0 Å². The summed E-state index contributed by atoms with van der Waals surface area (Å²) in [6.45, 7) is 3.63. The third-order valence-corrected chi connectivity index (χ3v) is 8.10. The van der Waals surface area contributed by atoms with E-state index in [-0.39, 0.29) is 24.4 Å². The van der Waals surface area contributed by atoms with Crippen molar-refractivity contribution < 1.29 is 23.8 Å². The zero-order valence-corrected chi connectivity index (χ0v) is 23.5. The molecule has 2 aromatic carbocycles. The molecule has 0 unspecified atom stereocenters. The van der Waals surface area contributed by atoms with Crippen molar-refractivity contribution in [2.45, 2.75) is 25.8 Å². The molecule has 0 saturated carbocycles. The predicted octanol–water partition coefficient (Wildman–Crippen LogP) is 5.40. The monoisotopic (exact) mass is 556 g/mol. The highest BCUT2D eigenvalue weighted by Crippen LogP contribution is 2.34. The number of rotatable bonds is 11. The van der Waals surface area contributed by atoms with Crippen molar-refractivity contribution in [1.29, 1.82) is 0 Å². The number of amides is 2. The second-order valence-electron chi connectivity index (χ2n) is 9.15. The average Bonchev–Trinajstić information content (AvgIpc) is 3.42. The van der Waals surface area contributed by atoms with Gasteiger partial charge in [0.2, 0.25) is 5.91 Å². The van der Waals surface area contributed by atoms with E-state index in [1.807, 2.05) is 36.1 Å². The first-order chi connectivity index (χ1) is 18.4. The molecule has 38 heavy (non-hydrogen) atoms. The summed E-state index contributed by atoms with van der Waals surface area (Å²) in [5.41, 5.74) is 2.46. The van der Waals surface area contributed by atoms with Gasteiger partial charge in [-0.15, -0.1) is 11.3 Å². The Hall–Kier alpha value is -3.07. The van der Waals surface area contributed by atoms with Gasteiger partial charge in [0.15, 0.2) is 0 Å². The van der Waals surface area contributed by atoms with Crippen molar-refractivity contribution in [3.63, 3.8) is 0 Å². The van der Waals surface area contributed by atoms with E-state index >= 15 is 0 Å². The van der Waals surface area contributed by atoms with Crippen LogP contribution in [0.5, 0.6) is 11.5 Å². The van der Waals surface area contributed by atoms with Crippen molar-refractivity contribution in [2.75, 3.05) is 47.1 Å². The van der Waals surface area contributed by atoms with Crippen LogP contribution in [-0.4, -0.2) is 68.7 Å². The molecular formula is C29H33ClN2O5S. The Bertz CT molecular complexity index is 1260. The van der Waals surface area contributed by atoms with Gasteiger partial charge in [-0.2, -0.15) is 0 Å². The first kappa shape index (κ1) is 28.0. The third kappa shape index (κ3) is 6.49. The summed E-state index contributed by atoms with van der Waals surface area (Å²) in [6.07, 6.45) is 1.39. The molecular weight excluding hydrogens is 524 g/mol. The lowest BCUT2D eigenvalue weighted by Crippen LogP contribution is -2.48. The van der Waals surface area contributed by atoms with E-state index in [2.05, 4.69) is 11.4 Å². The van der Waals surface area contributed by atoms with Crippen LogP contribution < -0.4 is 9.47 Å². The molecule has 0 bridgehead atoms. The van der Waals surface area contributed by atoms with E-state index in [0.717, 1.165) is 17.5 Å². The number of ether oxygens (including phenoxy) is 3. The molecule has 1 aromatic heterocycles. The maximum Gasteiger partial charge on any atom is 0.258 e. The number of para-hydroxylation sites is 1. The van der Waals surface area contributed by atoms with Gasteiger partial charge in [-0.1, -0.05) is 23.7 Å². The van der Waals surface area contributed by atoms with Crippen molar-refractivity contribution >= 4 is 34.8 Å². The number of hydrogen-bond donors (Lipinski definition) is 0. The number of carbonyl (C=O) groups is 2. The van der Waals surface area contributed by atoms with E-state index in [9.17, 15) is 9.59 Å². The SMILES string of the molecule is COCCCN(CC(=O)N1CCc2sccc2[C@@H]1COc1ccc(Cl)c(C)c1)C(=O)c1ccccc1OC. The lowest BCUT2D eigenvalue weighted by molar-refractivity contribution is -0.135. The minimum absolute atomic E-state index is 0.0450. The zero-order valence-electron chi connectivity index (χ0n) is 21.9. The summed E-state index contributed by atoms with van der Waals surface area (Å²) < 4.78 is 16.8. The molecule has 0 fully saturated rings. The summed E-state index contributed by atoms with van der Waals surface area (Å²) >= 11 is 7.87. The molecule has 0 saturated heterocycles. The molecule has 2 amide bonds. The van der Waals surface area contributed by atoms with Gasteiger partial charge in [0.05, 0.1) is 18.7 Å². The van der Waals surface area contributed by atoms with Crippen LogP contribution in [-0.2, 0) is 16.0 Å². The third-order valence-electron chi connectivity index (χ3n) is 6.68. The van der Waals surface area contributed by atoms with Gasteiger partial charge in [0.25, 0.3) is 5.91 Å². The van der Waals surface area contributed by atoms with Crippen LogP contribution in [0.4, 0.5) is 0 Å². The Kier molecular flexibility index (Phi) is 9.66. The number of methoxy groups -OCH3 is 2. The Morgan fingerprint density at radius 2 is 1.97 bits per heavy atom. The van der Waals surface area contributed by atoms with Crippen molar-refractivity contribution in [3.05, 3.63) is 80.5 Å². The Morgan fingerprint density at radius 3 is 2.74 bits per heavy atom. The molecule has 9 heteroatoms. The molecule has 1 aliphatic rings. The van der Waals surface area contributed by atoms with E-state index in [1.54, 1.807) is 41.5 Å². The van der Waals surface area contributed by atoms with Crippen LogP contribution in [0.3, 0.4) is 0 Å². The van der Waals surface area contributed by atoms with Crippen LogP contribution in [0.25, 0.3) is 0 Å². The summed E-state index contributed by atoms with van der Waals surface area (Å²) in [5.74, 6) is 0.814. The van der Waals surface area contributed by atoms with E-state index in [4.69, 9.17) is 25.8 Å². The van der Waals surface area contributed by atoms with Crippen LogP contribution in [0.2, 0.25) is 5.02 Å². The minimum Gasteiger partial charge on any atom is -0.496 e. The molecule has 202 valence electrons. The first-order valence-electron chi connectivity index (χ1n) is 12.6. The quantitative estimate of drug-likeness (QED) is 0.296. The minimum atomic E-state index is -0.254. The second kappa shape index (κ2) is 13.1. The lowest BCUT2D eigenvalue weighted by Gasteiger charge is -2.37. The topological polar surface area (TPSA) is 68.3 Å². The molecule has 0 radical (unpaired) electrons. The summed E-state index contributed by atoms with van der Waals surface area (Å²) in [4.78, 5) is 32.0. The molecule has 0 N–H and O–H groups in total. The number of halogens is 1. The Balaban J connectivity index is 1.54. The summed E-state index contributed by atoms with van der Waals surface area (Å²) in [6, 6.07) is 14.4. The maximum absolute atomic E-state index is 13.8. The largest absolute Gasteiger partial charge is 0.496 e. The van der Waals surface area contributed by atoms with E-state index in [0.29, 0.717) is 54.8 Å². The zero-order chi connectivity index (χ0) is 27.1. The van der Waals surface area contributed by atoms with Crippen LogP contribution in [0, 0.1) is 6.92 Å². The van der Waals surface area contributed by atoms with Crippen molar-refractivity contribution in [2.24, 2.45) is 0 Å². The van der Waals surface area contributed by atoms with Crippen LogP contribution in [0.1, 0.15) is 38.8 Å². The number of nitrogens with zero attached hydrogens (tertiary/aromatic N) is 2. The predicted molar refractivity (Wildman–Crippen MR) is 150 cm³/mol. The Labute approximate surface area is 232 Å². The second-order valence-corrected chi connectivity index (χ2v) is 10.6. The number of fused-ring (bicyclic) bond motifs is 1. The number of hydrogen-bond acceptors (Lipinski definition) is 6. The number of benzene rings is 2. The standard InChI is InChI=1S/C29H33ClN2O5S/c1-20-17-21(9-10-24(20)30)37-19-25-22-12-16-38-27(22)11-14-32(25)28(33)18-31(13-6-15-35-2)29(34)23-7-4-5-8-26(23)36-3/h4-5,7-10,12,16-17,25H,6,11,13-15,18-19H2,1-3H3/t25-/m0/s1. The molecule has 7 nitrogen and oxygen atoms in total. The van der Waals surface area contributed by atoms with E-state index in [1.165, 1.54) is 12.0 Å². The normalized spacial score (nSPS) is 14.6. The average molecular weight is 557 g/mol. The molecule has 1 aliphatic heterocycles. The molecule has 4 rings (SSSR count). The number of carbonyl (C=O) groups excluding carboxylic acids is 2. The number of thiophene rings is 1. The summed E-state index contributed by atoms with van der Waals surface area (Å²) in [7, 11) is 3.15. The van der Waals surface area contributed by atoms with Gasteiger partial charge in [0, 0.05) is 36.7 Å². The Morgan fingerprint density at radius 1 is 1.16 bits per heavy atom. The van der Waals surface area contributed by atoms with Gasteiger partial charge in [-0.3, -0.25) is 9.59 Å². The highest BCUT2D eigenvalue weighted by molar-refractivity contribution is 7.10. The highest BCUT2D eigenvalue weighted by Gasteiger charge is 2.34. The molecule has 0 aliphatic carbocycles. The van der Waals surface area contributed by atoms with Gasteiger partial charge in [-0.05, 0) is 72.7 Å². The van der Waals surface area contributed by atoms with Gasteiger partial charge >= 0.3 is 0 Å². The van der Waals surface area contributed by atoms with Crippen LogP contribution >= 0.6 is 22.9 Å². The first-order valence-corrected chi connectivity index (χ1v) is 13.8. The van der Waals surface area contributed by atoms with Crippen molar-refractivity contribution in [1.82, 2.24) is 9.80 Å². The van der Waals surface area contributed by atoms with E-state index < -0.39 is 0 Å². The summed E-state index contributed by atoms with van der Waals surface area (Å²) in [5, 5.41) is 2.74. The highest BCUT2D eigenvalue weighted by atomic mass is 35.5. The van der Waals surface area contributed by atoms with Gasteiger partial charge in [0.1, 0.15) is 24.7 Å². The molecule has 1 atom stereocenters. The maximum atomic E-state index is 13.8. The smallest absolute Gasteiger partial charge is 0.258 e. The van der Waals surface area contributed by atoms with Gasteiger partial charge < -0.3 is 24.0 Å². The molecule has 0 spiro atoms. The number of aryl methyl sites for hydroxylation is 1. The lowest BCUT2D eigenvalue weighted by atomic mass is 10.00. The van der Waals surface area contributed by atoms with Crippen LogP contribution in [0.15, 0.2) is 53.9 Å². The molecule has 2 heterocycles. The van der Waals surface area contributed by atoms with Crippen molar-refractivity contribution in [3.8, 4) is 11.5 Å². The fraction of sp³-hybridized carbons (Fsp3) is 0.379. The molecule has 3 aromatic rings. The fourth-order valence-corrected chi connectivity index (χ4v) is 5.70.